The van der Waals surface area contributed by atoms with Gasteiger partial charge in [0.15, 0.2) is 0 Å². The monoisotopic (exact) mass is 366 g/mol. The van der Waals surface area contributed by atoms with Crippen LogP contribution in [0.2, 0.25) is 10.0 Å². The molecule has 0 bridgehead atoms. The molecular formula is C17H16Cl2N2O3. The molecule has 0 atom stereocenters. The Morgan fingerprint density at radius 2 is 1.75 bits per heavy atom. The van der Waals surface area contributed by atoms with Crippen LogP contribution in [0.4, 0.5) is 11.4 Å². The van der Waals surface area contributed by atoms with E-state index in [-0.39, 0.29) is 19.1 Å². The van der Waals surface area contributed by atoms with Crippen LogP contribution in [0, 0.1) is 0 Å². The van der Waals surface area contributed by atoms with E-state index in [9.17, 15) is 9.59 Å². The van der Waals surface area contributed by atoms with Crippen molar-refractivity contribution in [3.63, 3.8) is 0 Å². The zero-order chi connectivity index (χ0) is 17.5. The van der Waals surface area contributed by atoms with Gasteiger partial charge >= 0.3 is 5.97 Å². The van der Waals surface area contributed by atoms with Gasteiger partial charge in [-0.15, -0.1) is 0 Å². The van der Waals surface area contributed by atoms with Gasteiger partial charge in [-0.25, -0.2) is 4.79 Å². The summed E-state index contributed by atoms with van der Waals surface area (Å²) >= 11 is 11.8. The van der Waals surface area contributed by atoms with Crippen LogP contribution in [0.3, 0.4) is 0 Å². The maximum absolute atomic E-state index is 12.0. The number of amides is 1. The molecule has 5 nitrogen and oxygen atoms in total. The Labute approximate surface area is 149 Å². The molecule has 0 fully saturated rings. The minimum absolute atomic E-state index is 0.0272. The van der Waals surface area contributed by atoms with Gasteiger partial charge in [0.1, 0.15) is 0 Å². The number of hydrogen-bond acceptors (Lipinski definition) is 4. The van der Waals surface area contributed by atoms with Crippen molar-refractivity contribution in [2.45, 2.75) is 6.92 Å². The molecule has 1 amide bonds. The number of carbonyl (C=O) groups is 2. The third kappa shape index (κ3) is 5.15. The Morgan fingerprint density at radius 1 is 1.08 bits per heavy atom. The lowest BCUT2D eigenvalue weighted by Gasteiger charge is -2.11. The fraction of sp³-hybridized carbons (Fsp3) is 0.176. The summed E-state index contributed by atoms with van der Waals surface area (Å²) < 4.78 is 4.99. The predicted octanol–water partition coefficient (Wildman–Crippen LogP) is 4.22. The third-order valence-electron chi connectivity index (χ3n) is 3.01. The maximum Gasteiger partial charge on any atom is 0.340 e. The first-order chi connectivity index (χ1) is 11.5. The lowest BCUT2D eigenvalue weighted by Crippen LogP contribution is -2.22. The van der Waals surface area contributed by atoms with Crippen LogP contribution in [0.15, 0.2) is 42.5 Å². The average molecular weight is 367 g/mol. The van der Waals surface area contributed by atoms with Gasteiger partial charge in [-0.2, -0.15) is 0 Å². The normalized spacial score (nSPS) is 10.1. The molecule has 0 spiro atoms. The van der Waals surface area contributed by atoms with Crippen LogP contribution in [-0.2, 0) is 9.53 Å². The van der Waals surface area contributed by atoms with E-state index in [4.69, 9.17) is 27.9 Å². The van der Waals surface area contributed by atoms with Crippen LogP contribution in [0.25, 0.3) is 0 Å². The summed E-state index contributed by atoms with van der Waals surface area (Å²) in [6.07, 6.45) is 0. The summed E-state index contributed by atoms with van der Waals surface area (Å²) in [6.45, 7) is 1.99. The predicted molar refractivity (Wildman–Crippen MR) is 96.0 cm³/mol. The quantitative estimate of drug-likeness (QED) is 0.751. The minimum Gasteiger partial charge on any atom is -0.462 e. The van der Waals surface area contributed by atoms with E-state index in [1.165, 1.54) is 0 Å². The number of carbonyl (C=O) groups excluding carboxylic acids is 2. The molecule has 0 aliphatic carbocycles. The Kier molecular flexibility index (Phi) is 6.46. The van der Waals surface area contributed by atoms with Crippen LogP contribution < -0.4 is 10.6 Å². The number of nitrogens with one attached hydrogen (secondary N) is 2. The Balaban J connectivity index is 2.00. The van der Waals surface area contributed by atoms with E-state index < -0.39 is 5.97 Å². The van der Waals surface area contributed by atoms with Crippen molar-refractivity contribution >= 4 is 46.5 Å². The fourth-order valence-corrected chi connectivity index (χ4v) is 2.56. The first kappa shape index (κ1) is 18.1. The molecule has 0 saturated heterocycles. The molecule has 0 radical (unpaired) electrons. The molecule has 2 rings (SSSR count). The van der Waals surface area contributed by atoms with E-state index in [1.54, 1.807) is 49.4 Å². The van der Waals surface area contributed by atoms with Crippen LogP contribution in [0.5, 0.6) is 0 Å². The molecule has 0 unspecified atom stereocenters. The molecule has 7 heteroatoms. The molecule has 2 N–H and O–H groups in total. The molecule has 0 heterocycles. The number of halogens is 2. The first-order valence-electron chi connectivity index (χ1n) is 7.25. The topological polar surface area (TPSA) is 67.4 Å². The minimum atomic E-state index is -0.442. The number of benzene rings is 2. The average Bonchev–Trinajstić information content (AvgIpc) is 2.52. The highest BCUT2D eigenvalue weighted by Gasteiger charge is 2.12. The van der Waals surface area contributed by atoms with Gasteiger partial charge in [-0.05, 0) is 37.3 Å². The molecule has 24 heavy (non-hydrogen) atoms. The van der Waals surface area contributed by atoms with E-state index in [0.717, 1.165) is 0 Å². The highest BCUT2D eigenvalue weighted by Crippen LogP contribution is 2.22. The number of rotatable bonds is 6. The van der Waals surface area contributed by atoms with Crippen molar-refractivity contribution in [3.05, 3.63) is 58.1 Å². The van der Waals surface area contributed by atoms with Gasteiger partial charge < -0.3 is 15.4 Å². The van der Waals surface area contributed by atoms with E-state index >= 15 is 0 Å². The molecule has 2 aromatic carbocycles. The van der Waals surface area contributed by atoms with Gasteiger partial charge in [0.05, 0.1) is 18.7 Å². The van der Waals surface area contributed by atoms with E-state index in [1.807, 2.05) is 0 Å². The zero-order valence-corrected chi connectivity index (χ0v) is 14.4. The fourth-order valence-electron chi connectivity index (χ4n) is 2.03. The number of para-hydroxylation sites is 1. The zero-order valence-electron chi connectivity index (χ0n) is 12.9. The van der Waals surface area contributed by atoms with E-state index in [2.05, 4.69) is 10.6 Å². The first-order valence-corrected chi connectivity index (χ1v) is 8.01. The van der Waals surface area contributed by atoms with Crippen molar-refractivity contribution in [1.82, 2.24) is 0 Å². The summed E-state index contributed by atoms with van der Waals surface area (Å²) in [6, 6.07) is 11.6. The molecule has 0 aromatic heterocycles. The van der Waals surface area contributed by atoms with Crippen LogP contribution >= 0.6 is 23.2 Å². The summed E-state index contributed by atoms with van der Waals surface area (Å²) in [5.41, 5.74) is 1.39. The highest BCUT2D eigenvalue weighted by molar-refractivity contribution is 6.35. The maximum atomic E-state index is 12.0. The second-order valence-electron chi connectivity index (χ2n) is 4.83. The number of ether oxygens (including phenoxy) is 1. The van der Waals surface area contributed by atoms with E-state index in [0.29, 0.717) is 27.0 Å². The van der Waals surface area contributed by atoms with Crippen molar-refractivity contribution in [3.8, 4) is 0 Å². The standard InChI is InChI=1S/C17H16Cl2N2O3/c1-2-24-17(23)14-5-3-4-6-15(14)20-10-16(22)21-13-8-11(18)7-12(19)9-13/h3-9,20H,2,10H2,1H3,(H,21,22). The highest BCUT2D eigenvalue weighted by atomic mass is 35.5. The van der Waals surface area contributed by atoms with Gasteiger partial charge in [0.25, 0.3) is 0 Å². The summed E-state index contributed by atoms with van der Waals surface area (Å²) in [4.78, 5) is 23.9. The Bertz CT molecular complexity index is 730. The van der Waals surface area contributed by atoms with Crippen molar-refractivity contribution < 1.29 is 14.3 Å². The molecule has 0 aliphatic rings. The molecule has 2 aromatic rings. The Morgan fingerprint density at radius 3 is 2.42 bits per heavy atom. The Hall–Kier alpha value is -2.24. The summed E-state index contributed by atoms with van der Waals surface area (Å²) in [7, 11) is 0. The summed E-state index contributed by atoms with van der Waals surface area (Å²) in [5, 5.41) is 6.46. The second kappa shape index (κ2) is 8.57. The van der Waals surface area contributed by atoms with Crippen molar-refractivity contribution in [2.24, 2.45) is 0 Å². The lowest BCUT2D eigenvalue weighted by atomic mass is 10.2. The van der Waals surface area contributed by atoms with Gasteiger partial charge in [-0.3, -0.25) is 4.79 Å². The van der Waals surface area contributed by atoms with Crippen LogP contribution in [-0.4, -0.2) is 25.0 Å². The van der Waals surface area contributed by atoms with Crippen molar-refractivity contribution in [2.75, 3.05) is 23.8 Å². The molecular weight excluding hydrogens is 351 g/mol. The number of esters is 1. The SMILES string of the molecule is CCOC(=O)c1ccccc1NCC(=O)Nc1cc(Cl)cc(Cl)c1. The lowest BCUT2D eigenvalue weighted by molar-refractivity contribution is -0.114. The second-order valence-corrected chi connectivity index (χ2v) is 5.70. The third-order valence-corrected chi connectivity index (χ3v) is 3.44. The summed E-state index contributed by atoms with van der Waals surface area (Å²) in [5.74, 6) is -0.741. The van der Waals surface area contributed by atoms with Gasteiger partial charge in [-0.1, -0.05) is 35.3 Å². The number of anilines is 2. The number of hydrogen-bond donors (Lipinski definition) is 2. The van der Waals surface area contributed by atoms with Crippen LogP contribution in [0.1, 0.15) is 17.3 Å². The molecule has 0 saturated carbocycles. The van der Waals surface area contributed by atoms with Gasteiger partial charge in [0, 0.05) is 21.4 Å². The largest absolute Gasteiger partial charge is 0.462 e. The van der Waals surface area contributed by atoms with Crippen molar-refractivity contribution in [1.29, 1.82) is 0 Å². The molecule has 126 valence electrons. The van der Waals surface area contributed by atoms with Gasteiger partial charge in [0.2, 0.25) is 5.91 Å². The smallest absolute Gasteiger partial charge is 0.340 e. The molecule has 0 aliphatic heterocycles.